The summed E-state index contributed by atoms with van der Waals surface area (Å²) in [5.41, 5.74) is 0. The lowest BCUT2D eigenvalue weighted by atomic mass is 10.1. The van der Waals surface area contributed by atoms with E-state index in [0.29, 0.717) is 12.0 Å². The zero-order chi connectivity index (χ0) is 11.4. The first kappa shape index (κ1) is 10.4. The molecule has 0 aliphatic carbocycles. The van der Waals surface area contributed by atoms with Crippen molar-refractivity contribution in [2.24, 2.45) is 0 Å². The summed E-state index contributed by atoms with van der Waals surface area (Å²) >= 11 is 0. The van der Waals surface area contributed by atoms with Crippen LogP contribution >= 0.6 is 0 Å². The maximum atomic E-state index is 11.1. The van der Waals surface area contributed by atoms with E-state index in [0.717, 1.165) is 10.8 Å². The largest absolute Gasteiger partial charge is 0.426 e. The smallest absolute Gasteiger partial charge is 0.318 e. The molecule has 0 aliphatic rings. The topological polar surface area (TPSA) is 43.4 Å². The highest BCUT2D eigenvalue weighted by Crippen LogP contribution is 2.20. The highest BCUT2D eigenvalue weighted by atomic mass is 16.5. The fourth-order valence-corrected chi connectivity index (χ4v) is 1.47. The molecule has 0 spiro atoms. The number of aldehydes is 1. The van der Waals surface area contributed by atoms with Gasteiger partial charge in [0, 0.05) is 0 Å². The van der Waals surface area contributed by atoms with Gasteiger partial charge in [0.1, 0.15) is 18.5 Å². The lowest BCUT2D eigenvalue weighted by molar-refractivity contribution is -0.135. The molecule has 2 rings (SSSR count). The van der Waals surface area contributed by atoms with E-state index >= 15 is 0 Å². The van der Waals surface area contributed by atoms with E-state index in [2.05, 4.69) is 0 Å². The molecule has 0 saturated carbocycles. The van der Waals surface area contributed by atoms with Crippen molar-refractivity contribution >= 4 is 23.0 Å². The third-order valence-electron chi connectivity index (χ3n) is 2.20. The van der Waals surface area contributed by atoms with Gasteiger partial charge < -0.3 is 9.53 Å². The molecule has 80 valence electrons. The molecule has 2 aromatic rings. The van der Waals surface area contributed by atoms with Gasteiger partial charge >= 0.3 is 5.97 Å². The minimum Gasteiger partial charge on any atom is -0.426 e. The lowest BCUT2D eigenvalue weighted by Gasteiger charge is -2.03. The van der Waals surface area contributed by atoms with E-state index in [1.165, 1.54) is 0 Å². The molecule has 0 bridgehead atoms. The molecule has 0 heterocycles. The van der Waals surface area contributed by atoms with Crippen LogP contribution < -0.4 is 4.74 Å². The van der Waals surface area contributed by atoms with E-state index in [4.69, 9.17) is 4.74 Å². The Bertz CT molecular complexity index is 531. The molecule has 0 atom stereocenters. The summed E-state index contributed by atoms with van der Waals surface area (Å²) in [7, 11) is 0. The first-order valence-corrected chi connectivity index (χ1v) is 4.93. The van der Waals surface area contributed by atoms with Gasteiger partial charge in [0.2, 0.25) is 0 Å². The molecule has 3 nitrogen and oxygen atoms in total. The summed E-state index contributed by atoms with van der Waals surface area (Å²) in [6, 6.07) is 13.1. The SMILES string of the molecule is O=CCC(=O)Oc1ccc2ccccc2c1. The summed E-state index contributed by atoms with van der Waals surface area (Å²) < 4.78 is 4.99. The average molecular weight is 214 g/mol. The zero-order valence-electron chi connectivity index (χ0n) is 8.55. The fourth-order valence-electron chi connectivity index (χ4n) is 1.47. The molecule has 0 radical (unpaired) electrons. The van der Waals surface area contributed by atoms with Crippen LogP contribution in [0, 0.1) is 0 Å². The predicted molar refractivity (Wildman–Crippen MR) is 60.3 cm³/mol. The van der Waals surface area contributed by atoms with E-state index < -0.39 is 5.97 Å². The molecule has 2 aromatic carbocycles. The van der Waals surface area contributed by atoms with Crippen LogP contribution in [0.5, 0.6) is 5.75 Å². The second-order valence-electron chi connectivity index (χ2n) is 3.35. The van der Waals surface area contributed by atoms with Gasteiger partial charge in [-0.05, 0) is 22.9 Å². The van der Waals surface area contributed by atoms with Crippen LogP contribution in [0.25, 0.3) is 10.8 Å². The maximum absolute atomic E-state index is 11.1. The zero-order valence-corrected chi connectivity index (χ0v) is 8.55. The second kappa shape index (κ2) is 4.57. The Kier molecular flexibility index (Phi) is 2.96. The highest BCUT2D eigenvalue weighted by molar-refractivity contribution is 5.87. The van der Waals surface area contributed by atoms with Gasteiger partial charge in [-0.1, -0.05) is 30.3 Å². The Morgan fingerprint density at radius 3 is 2.62 bits per heavy atom. The third kappa shape index (κ3) is 2.25. The predicted octanol–water partition coefficient (Wildman–Crippen LogP) is 2.33. The molecule has 0 amide bonds. The average Bonchev–Trinajstić information content (AvgIpc) is 2.29. The van der Waals surface area contributed by atoms with Crippen molar-refractivity contribution in [3.05, 3.63) is 42.5 Å². The van der Waals surface area contributed by atoms with Gasteiger partial charge in [-0.25, -0.2) is 0 Å². The Morgan fingerprint density at radius 1 is 1.12 bits per heavy atom. The van der Waals surface area contributed by atoms with Crippen LogP contribution in [0.15, 0.2) is 42.5 Å². The van der Waals surface area contributed by atoms with Crippen molar-refractivity contribution in [1.82, 2.24) is 0 Å². The highest BCUT2D eigenvalue weighted by Gasteiger charge is 2.03. The number of hydrogen-bond acceptors (Lipinski definition) is 3. The van der Waals surface area contributed by atoms with Crippen molar-refractivity contribution in [2.75, 3.05) is 0 Å². The molecule has 16 heavy (non-hydrogen) atoms. The normalized spacial score (nSPS) is 10.0. The standard InChI is InChI=1S/C13H10O3/c14-8-7-13(15)16-12-6-5-10-3-1-2-4-11(10)9-12/h1-6,8-9H,7H2. The summed E-state index contributed by atoms with van der Waals surface area (Å²) in [5.74, 6) is -0.0733. The first-order chi connectivity index (χ1) is 7.79. The Hall–Kier alpha value is -2.16. The van der Waals surface area contributed by atoms with Gasteiger partial charge in [0.05, 0.1) is 0 Å². The van der Waals surface area contributed by atoms with E-state index in [-0.39, 0.29) is 6.42 Å². The van der Waals surface area contributed by atoms with Crippen molar-refractivity contribution in [3.63, 3.8) is 0 Å². The van der Waals surface area contributed by atoms with Gasteiger partial charge in [0.15, 0.2) is 0 Å². The summed E-state index contributed by atoms with van der Waals surface area (Å²) in [6.07, 6.45) is 0.316. The maximum Gasteiger partial charge on any atom is 0.318 e. The lowest BCUT2D eigenvalue weighted by Crippen LogP contribution is -2.07. The summed E-state index contributed by atoms with van der Waals surface area (Å²) in [5, 5.41) is 2.08. The minimum atomic E-state index is -0.537. The van der Waals surface area contributed by atoms with Crippen LogP contribution in [-0.4, -0.2) is 12.3 Å². The van der Waals surface area contributed by atoms with Crippen LogP contribution in [0.2, 0.25) is 0 Å². The number of benzene rings is 2. The number of carbonyl (C=O) groups is 2. The number of hydrogen-bond donors (Lipinski definition) is 0. The fraction of sp³-hybridized carbons (Fsp3) is 0.0769. The van der Waals surface area contributed by atoms with Gasteiger partial charge in [0.25, 0.3) is 0 Å². The molecule has 0 aromatic heterocycles. The number of carbonyl (C=O) groups excluding carboxylic acids is 2. The molecular weight excluding hydrogens is 204 g/mol. The Labute approximate surface area is 92.6 Å². The van der Waals surface area contributed by atoms with Crippen molar-refractivity contribution in [1.29, 1.82) is 0 Å². The quantitative estimate of drug-likeness (QED) is 0.341. The van der Waals surface area contributed by atoms with Crippen LogP contribution in [0.4, 0.5) is 0 Å². The van der Waals surface area contributed by atoms with Crippen molar-refractivity contribution in [3.8, 4) is 5.75 Å². The van der Waals surface area contributed by atoms with Crippen LogP contribution in [0.1, 0.15) is 6.42 Å². The molecule has 0 fully saturated rings. The molecular formula is C13H10O3. The third-order valence-corrected chi connectivity index (χ3v) is 2.20. The number of rotatable bonds is 3. The number of esters is 1. The molecule has 0 N–H and O–H groups in total. The minimum absolute atomic E-state index is 0.215. The van der Waals surface area contributed by atoms with Gasteiger partial charge in [-0.3, -0.25) is 4.79 Å². The van der Waals surface area contributed by atoms with Crippen molar-refractivity contribution in [2.45, 2.75) is 6.42 Å². The monoisotopic (exact) mass is 214 g/mol. The van der Waals surface area contributed by atoms with Crippen LogP contribution in [0.3, 0.4) is 0 Å². The van der Waals surface area contributed by atoms with E-state index in [1.807, 2.05) is 30.3 Å². The summed E-state index contributed by atoms with van der Waals surface area (Å²) in [6.45, 7) is 0. The van der Waals surface area contributed by atoms with Gasteiger partial charge in [-0.15, -0.1) is 0 Å². The number of ether oxygens (including phenoxy) is 1. The Morgan fingerprint density at radius 2 is 1.88 bits per heavy atom. The van der Waals surface area contributed by atoms with E-state index in [1.54, 1.807) is 12.1 Å². The van der Waals surface area contributed by atoms with Crippen LogP contribution in [-0.2, 0) is 9.59 Å². The number of fused-ring (bicyclic) bond motifs is 1. The second-order valence-corrected chi connectivity index (χ2v) is 3.35. The molecule has 0 saturated heterocycles. The first-order valence-electron chi connectivity index (χ1n) is 4.93. The van der Waals surface area contributed by atoms with Gasteiger partial charge in [-0.2, -0.15) is 0 Å². The Balaban J connectivity index is 2.25. The molecule has 0 unspecified atom stereocenters. The van der Waals surface area contributed by atoms with Crippen molar-refractivity contribution < 1.29 is 14.3 Å². The molecule has 3 heteroatoms. The van der Waals surface area contributed by atoms with E-state index in [9.17, 15) is 9.59 Å². The molecule has 0 aliphatic heterocycles. The summed E-state index contributed by atoms with van der Waals surface area (Å²) in [4.78, 5) is 21.2.